The van der Waals surface area contributed by atoms with Crippen molar-refractivity contribution in [3.8, 4) is 0 Å². The number of hydrogen-bond donors (Lipinski definition) is 2. The monoisotopic (exact) mass is 311 g/mol. The van der Waals surface area contributed by atoms with Gasteiger partial charge >= 0.3 is 5.97 Å². The molecule has 6 nitrogen and oxygen atoms in total. The molecule has 1 aliphatic rings. The van der Waals surface area contributed by atoms with Gasteiger partial charge in [-0.2, -0.15) is 0 Å². The predicted octanol–water partition coefficient (Wildman–Crippen LogP) is 2.32. The number of nitrogens with zero attached hydrogens (tertiary/aromatic N) is 2. The number of carboxylic acids is 1. The fraction of sp³-hybridized carbons (Fsp3) is 0.643. The largest absolute Gasteiger partial charge is 0.480 e. The van der Waals surface area contributed by atoms with Gasteiger partial charge in [0, 0.05) is 18.8 Å². The standard InChI is InChI=1S/C14H21N3O3S/c1-3-5-14(12(19)20)6-4-7-17(14)8-11-9-21-13(16-11)15-10(2)18/h9H,3-8H2,1-2H3,(H,19,20)(H,15,16,18). The number of aliphatic carboxylic acids is 1. The van der Waals surface area contributed by atoms with Gasteiger partial charge in [0.1, 0.15) is 5.54 Å². The van der Waals surface area contributed by atoms with E-state index < -0.39 is 11.5 Å². The van der Waals surface area contributed by atoms with E-state index in [1.165, 1.54) is 18.3 Å². The van der Waals surface area contributed by atoms with E-state index in [4.69, 9.17) is 0 Å². The highest BCUT2D eigenvalue weighted by atomic mass is 32.1. The first-order valence-corrected chi connectivity index (χ1v) is 8.06. The van der Waals surface area contributed by atoms with Crippen molar-refractivity contribution in [1.29, 1.82) is 0 Å². The molecule has 7 heteroatoms. The summed E-state index contributed by atoms with van der Waals surface area (Å²) in [5.74, 6) is -0.887. The zero-order valence-corrected chi connectivity index (χ0v) is 13.2. The molecule has 1 aromatic heterocycles. The number of likely N-dealkylation sites (tertiary alicyclic amines) is 1. The van der Waals surface area contributed by atoms with E-state index in [1.54, 1.807) is 0 Å². The maximum absolute atomic E-state index is 11.7. The summed E-state index contributed by atoms with van der Waals surface area (Å²) >= 11 is 1.37. The van der Waals surface area contributed by atoms with E-state index in [0.29, 0.717) is 24.5 Å². The lowest BCUT2D eigenvalue weighted by Crippen LogP contribution is -2.50. The Kier molecular flexibility index (Phi) is 4.95. The minimum atomic E-state index is -0.757. The second-order valence-electron chi connectivity index (χ2n) is 5.44. The number of carbonyl (C=O) groups excluding carboxylic acids is 1. The second-order valence-corrected chi connectivity index (χ2v) is 6.30. The molecule has 1 amide bonds. The molecule has 116 valence electrons. The summed E-state index contributed by atoms with van der Waals surface area (Å²) in [6, 6.07) is 0. The van der Waals surface area contributed by atoms with Gasteiger partial charge in [-0.3, -0.25) is 14.5 Å². The minimum absolute atomic E-state index is 0.150. The van der Waals surface area contributed by atoms with Crippen LogP contribution < -0.4 is 5.32 Å². The molecule has 1 fully saturated rings. The molecule has 2 rings (SSSR count). The summed E-state index contributed by atoms with van der Waals surface area (Å²) < 4.78 is 0. The van der Waals surface area contributed by atoms with E-state index in [1.807, 2.05) is 17.2 Å². The molecule has 1 aliphatic heterocycles. The highest BCUT2D eigenvalue weighted by Crippen LogP contribution is 2.35. The van der Waals surface area contributed by atoms with Crippen LogP contribution >= 0.6 is 11.3 Å². The summed E-state index contributed by atoms with van der Waals surface area (Å²) in [6.07, 6.45) is 3.09. The van der Waals surface area contributed by atoms with Crippen LogP contribution in [0.5, 0.6) is 0 Å². The lowest BCUT2D eigenvalue weighted by atomic mass is 9.90. The van der Waals surface area contributed by atoms with Gasteiger partial charge in [0.2, 0.25) is 5.91 Å². The number of nitrogens with one attached hydrogen (secondary N) is 1. The Morgan fingerprint density at radius 3 is 2.95 bits per heavy atom. The molecule has 0 saturated carbocycles. The molecule has 21 heavy (non-hydrogen) atoms. The van der Waals surface area contributed by atoms with E-state index in [9.17, 15) is 14.7 Å². The van der Waals surface area contributed by atoms with Gasteiger partial charge in [0.15, 0.2) is 5.13 Å². The lowest BCUT2D eigenvalue weighted by molar-refractivity contribution is -0.150. The van der Waals surface area contributed by atoms with Crippen LogP contribution in [-0.4, -0.2) is 39.0 Å². The Balaban J connectivity index is 2.11. The van der Waals surface area contributed by atoms with E-state index in [0.717, 1.165) is 25.1 Å². The fourth-order valence-electron chi connectivity index (χ4n) is 2.99. The molecule has 1 unspecified atom stereocenters. The van der Waals surface area contributed by atoms with Crippen molar-refractivity contribution in [2.45, 2.75) is 51.6 Å². The van der Waals surface area contributed by atoms with Gasteiger partial charge in [0.25, 0.3) is 0 Å². The highest BCUT2D eigenvalue weighted by Gasteiger charge is 2.46. The Bertz CT molecular complexity index is 531. The molecule has 1 saturated heterocycles. The third kappa shape index (κ3) is 3.41. The molecular formula is C14H21N3O3S. The Labute approximate surface area is 128 Å². The Morgan fingerprint density at radius 1 is 1.57 bits per heavy atom. The van der Waals surface area contributed by atoms with Crippen LogP contribution in [0.2, 0.25) is 0 Å². The first kappa shape index (κ1) is 15.9. The molecular weight excluding hydrogens is 290 g/mol. The van der Waals surface area contributed by atoms with Crippen LogP contribution in [0.4, 0.5) is 5.13 Å². The van der Waals surface area contributed by atoms with Gasteiger partial charge < -0.3 is 10.4 Å². The van der Waals surface area contributed by atoms with Crippen molar-refractivity contribution in [1.82, 2.24) is 9.88 Å². The number of amides is 1. The third-order valence-corrected chi connectivity index (χ3v) is 4.68. The zero-order valence-electron chi connectivity index (χ0n) is 12.4. The van der Waals surface area contributed by atoms with E-state index >= 15 is 0 Å². The van der Waals surface area contributed by atoms with E-state index in [2.05, 4.69) is 10.3 Å². The van der Waals surface area contributed by atoms with Crippen LogP contribution in [0, 0.1) is 0 Å². The summed E-state index contributed by atoms with van der Waals surface area (Å²) in [7, 11) is 0. The van der Waals surface area contributed by atoms with Gasteiger partial charge in [0.05, 0.1) is 5.69 Å². The molecule has 0 bridgehead atoms. The number of thiazole rings is 1. The van der Waals surface area contributed by atoms with Gasteiger partial charge in [-0.1, -0.05) is 13.3 Å². The Morgan fingerprint density at radius 2 is 2.33 bits per heavy atom. The van der Waals surface area contributed by atoms with Crippen molar-refractivity contribution >= 4 is 28.3 Å². The third-order valence-electron chi connectivity index (χ3n) is 3.87. The van der Waals surface area contributed by atoms with Crippen LogP contribution in [0.15, 0.2) is 5.38 Å². The zero-order chi connectivity index (χ0) is 15.5. The summed E-state index contributed by atoms with van der Waals surface area (Å²) in [4.78, 5) is 29.1. The van der Waals surface area contributed by atoms with Crippen LogP contribution in [0.1, 0.15) is 45.2 Å². The molecule has 0 aliphatic carbocycles. The summed E-state index contributed by atoms with van der Waals surface area (Å²) in [5.41, 5.74) is 0.0550. The first-order chi connectivity index (χ1) is 9.98. The molecule has 0 spiro atoms. The summed E-state index contributed by atoms with van der Waals surface area (Å²) in [5, 5.41) is 14.7. The van der Waals surface area contributed by atoms with Crippen molar-refractivity contribution in [2.24, 2.45) is 0 Å². The van der Waals surface area contributed by atoms with Crippen molar-refractivity contribution in [3.05, 3.63) is 11.1 Å². The van der Waals surface area contributed by atoms with Gasteiger partial charge in [-0.25, -0.2) is 4.98 Å². The fourth-order valence-corrected chi connectivity index (χ4v) is 3.74. The minimum Gasteiger partial charge on any atom is -0.480 e. The molecule has 2 heterocycles. The summed E-state index contributed by atoms with van der Waals surface area (Å²) in [6.45, 7) is 4.75. The number of carboxylic acid groups (broad SMARTS) is 1. The average Bonchev–Trinajstić information content (AvgIpc) is 2.98. The Hall–Kier alpha value is -1.47. The number of carbonyl (C=O) groups is 2. The number of hydrogen-bond acceptors (Lipinski definition) is 5. The first-order valence-electron chi connectivity index (χ1n) is 7.18. The molecule has 0 radical (unpaired) electrons. The number of anilines is 1. The van der Waals surface area contributed by atoms with Crippen LogP contribution in [0.3, 0.4) is 0 Å². The maximum atomic E-state index is 11.7. The average molecular weight is 311 g/mol. The van der Waals surface area contributed by atoms with Gasteiger partial charge in [-0.15, -0.1) is 11.3 Å². The number of aromatic nitrogens is 1. The van der Waals surface area contributed by atoms with Crippen molar-refractivity contribution in [3.63, 3.8) is 0 Å². The van der Waals surface area contributed by atoms with Crippen molar-refractivity contribution in [2.75, 3.05) is 11.9 Å². The quantitative estimate of drug-likeness (QED) is 0.842. The normalized spacial score (nSPS) is 22.4. The SMILES string of the molecule is CCCC1(C(=O)O)CCCN1Cc1csc(NC(C)=O)n1. The lowest BCUT2D eigenvalue weighted by Gasteiger charge is -2.34. The number of rotatable bonds is 6. The van der Waals surface area contributed by atoms with E-state index in [-0.39, 0.29) is 5.91 Å². The molecule has 1 atom stereocenters. The maximum Gasteiger partial charge on any atom is 0.324 e. The van der Waals surface area contributed by atoms with Gasteiger partial charge in [-0.05, 0) is 25.8 Å². The van der Waals surface area contributed by atoms with Crippen LogP contribution in [0.25, 0.3) is 0 Å². The molecule has 0 aromatic carbocycles. The predicted molar refractivity (Wildman–Crippen MR) is 81.3 cm³/mol. The smallest absolute Gasteiger partial charge is 0.324 e. The highest BCUT2D eigenvalue weighted by molar-refractivity contribution is 7.13. The topological polar surface area (TPSA) is 82.5 Å². The van der Waals surface area contributed by atoms with Crippen LogP contribution in [-0.2, 0) is 16.1 Å². The van der Waals surface area contributed by atoms with Crippen molar-refractivity contribution < 1.29 is 14.7 Å². The second kappa shape index (κ2) is 6.53. The molecule has 1 aromatic rings. The molecule has 2 N–H and O–H groups in total.